The molecule has 1 atom stereocenters. The summed E-state index contributed by atoms with van der Waals surface area (Å²) in [6.45, 7) is 9.83. The van der Waals surface area contributed by atoms with Crippen LogP contribution >= 0.6 is 0 Å². The van der Waals surface area contributed by atoms with Gasteiger partial charge in [0.15, 0.2) is 0 Å². The zero-order valence-electron chi connectivity index (χ0n) is 20.2. The summed E-state index contributed by atoms with van der Waals surface area (Å²) < 4.78 is 9.65. The molecule has 34 heavy (non-hydrogen) atoms. The number of likely N-dealkylation sites (N-methyl/N-ethyl adjacent to an activating group) is 1. The Labute approximate surface area is 200 Å². The van der Waals surface area contributed by atoms with Gasteiger partial charge in [-0.15, -0.1) is 0 Å². The van der Waals surface area contributed by atoms with Crippen LogP contribution in [-0.4, -0.2) is 83.5 Å². The van der Waals surface area contributed by atoms with E-state index in [0.29, 0.717) is 18.8 Å². The number of fused-ring (bicyclic) bond motifs is 3. The molecule has 0 radical (unpaired) electrons. The summed E-state index contributed by atoms with van der Waals surface area (Å²) in [5, 5.41) is 0. The molecule has 0 spiro atoms. The van der Waals surface area contributed by atoms with Crippen LogP contribution in [0.5, 0.6) is 0 Å². The Balaban J connectivity index is 1.36. The third-order valence-electron chi connectivity index (χ3n) is 7.25. The van der Waals surface area contributed by atoms with E-state index in [0.717, 1.165) is 68.7 Å². The van der Waals surface area contributed by atoms with Gasteiger partial charge in [0.1, 0.15) is 11.4 Å². The molecule has 3 aliphatic heterocycles. The Hall–Kier alpha value is -3.04. The summed E-state index contributed by atoms with van der Waals surface area (Å²) in [6, 6.07) is 9.04. The van der Waals surface area contributed by atoms with Crippen molar-refractivity contribution in [1.29, 1.82) is 0 Å². The monoisotopic (exact) mass is 465 g/mol. The fraction of sp³-hybridized carbons (Fsp3) is 0.520. The van der Waals surface area contributed by atoms with E-state index in [9.17, 15) is 9.59 Å². The molecule has 0 bridgehead atoms. The van der Waals surface area contributed by atoms with Crippen molar-refractivity contribution in [3.8, 4) is 0 Å². The number of aromatic nitrogens is 2. The maximum Gasteiger partial charge on any atom is 0.402 e. The number of urea groups is 1. The molecule has 1 unspecified atom stereocenters. The lowest BCUT2D eigenvalue weighted by Gasteiger charge is -2.33. The van der Waals surface area contributed by atoms with Gasteiger partial charge in [-0.05, 0) is 32.3 Å². The highest BCUT2D eigenvalue weighted by Gasteiger charge is 2.53. The van der Waals surface area contributed by atoms with E-state index in [1.807, 2.05) is 41.8 Å². The van der Waals surface area contributed by atoms with Crippen LogP contribution in [0.3, 0.4) is 0 Å². The quantitative estimate of drug-likeness (QED) is 0.585. The minimum absolute atomic E-state index is 0.199. The zero-order chi connectivity index (χ0) is 23.8. The summed E-state index contributed by atoms with van der Waals surface area (Å²) in [5.41, 5.74) is 3.23. The lowest BCUT2D eigenvalue weighted by Crippen LogP contribution is -2.58. The van der Waals surface area contributed by atoms with Gasteiger partial charge in [-0.1, -0.05) is 35.3 Å². The van der Waals surface area contributed by atoms with Gasteiger partial charge < -0.3 is 4.74 Å². The normalized spacial score (nSPS) is 20.6. The number of imide groups is 1. The molecule has 4 heterocycles. The van der Waals surface area contributed by atoms with E-state index >= 15 is 0 Å². The van der Waals surface area contributed by atoms with Gasteiger partial charge in [0.25, 0.3) is 5.91 Å². The molecular formula is C25H33N6O3+. The maximum atomic E-state index is 13.6. The molecule has 0 N–H and O–H groups in total. The van der Waals surface area contributed by atoms with E-state index in [4.69, 9.17) is 9.73 Å². The number of amidine groups is 1. The van der Waals surface area contributed by atoms with Gasteiger partial charge in [0.05, 0.1) is 19.8 Å². The van der Waals surface area contributed by atoms with Gasteiger partial charge in [-0.2, -0.15) is 0 Å². The number of hydrogen-bond acceptors (Lipinski definition) is 5. The molecule has 9 heteroatoms. The molecule has 1 aromatic heterocycles. The van der Waals surface area contributed by atoms with Crippen LogP contribution in [0.25, 0.3) is 0 Å². The van der Waals surface area contributed by atoms with Crippen molar-refractivity contribution >= 4 is 23.7 Å². The second-order valence-corrected chi connectivity index (χ2v) is 9.24. The summed E-state index contributed by atoms with van der Waals surface area (Å²) in [7, 11) is 1.72. The Morgan fingerprint density at radius 2 is 1.82 bits per heavy atom. The number of rotatable bonds is 7. The van der Waals surface area contributed by atoms with Gasteiger partial charge in [-0.3, -0.25) is 19.5 Å². The minimum atomic E-state index is -0.590. The summed E-state index contributed by atoms with van der Waals surface area (Å²) in [4.78, 5) is 36.8. The number of amides is 3. The number of morpholine rings is 1. The van der Waals surface area contributed by atoms with Crippen molar-refractivity contribution in [2.75, 3.05) is 46.4 Å². The smallest absolute Gasteiger partial charge is 0.379 e. The first kappa shape index (κ1) is 22.7. The predicted molar refractivity (Wildman–Crippen MR) is 127 cm³/mol. The Morgan fingerprint density at radius 3 is 2.56 bits per heavy atom. The third-order valence-corrected chi connectivity index (χ3v) is 7.25. The fourth-order valence-electron chi connectivity index (χ4n) is 5.14. The highest BCUT2D eigenvalue weighted by Crippen LogP contribution is 2.35. The molecule has 5 rings (SSSR count). The number of hydrogen-bond donors (Lipinski definition) is 0. The first-order valence-corrected chi connectivity index (χ1v) is 12.1. The number of ether oxygens (including phenoxy) is 1. The van der Waals surface area contributed by atoms with E-state index < -0.39 is 6.04 Å². The lowest BCUT2D eigenvalue weighted by atomic mass is 10.1. The molecular weight excluding hydrogens is 432 g/mol. The largest absolute Gasteiger partial charge is 0.402 e. The van der Waals surface area contributed by atoms with E-state index in [2.05, 4.69) is 16.4 Å². The first-order chi connectivity index (χ1) is 16.5. The van der Waals surface area contributed by atoms with Gasteiger partial charge in [0.2, 0.25) is 11.9 Å². The van der Waals surface area contributed by atoms with Gasteiger partial charge in [-0.25, -0.2) is 13.9 Å². The Bertz CT molecular complexity index is 1120. The van der Waals surface area contributed by atoms with Crippen molar-refractivity contribution < 1.29 is 18.9 Å². The average molecular weight is 466 g/mol. The van der Waals surface area contributed by atoms with Gasteiger partial charge >= 0.3 is 12.0 Å². The van der Waals surface area contributed by atoms with Crippen LogP contribution < -0.4 is 4.57 Å². The minimum Gasteiger partial charge on any atom is -0.379 e. The fourth-order valence-corrected chi connectivity index (χ4v) is 5.14. The van der Waals surface area contributed by atoms with E-state index in [1.54, 1.807) is 7.05 Å². The summed E-state index contributed by atoms with van der Waals surface area (Å²) in [5.74, 6) is 1.08. The topological polar surface area (TPSA) is 74.3 Å². The van der Waals surface area contributed by atoms with Crippen molar-refractivity contribution in [2.24, 2.45) is 4.99 Å². The molecule has 0 saturated carbocycles. The molecule has 1 aromatic carbocycles. The lowest BCUT2D eigenvalue weighted by molar-refractivity contribution is -0.689. The molecule has 2 aromatic rings. The van der Waals surface area contributed by atoms with Gasteiger partial charge in [0, 0.05) is 33.2 Å². The summed E-state index contributed by atoms with van der Waals surface area (Å²) >= 11 is 0. The Kier molecular flexibility index (Phi) is 6.22. The molecule has 0 aliphatic carbocycles. The number of carbonyl (C=O) groups excluding carboxylic acids is 2. The van der Waals surface area contributed by atoms with Crippen LogP contribution in [0, 0.1) is 13.8 Å². The standard InChI is InChI=1S/C25H33N6O3/c1-18-19(2)31-21-22(26-24(31)29(18)12-7-11-28-14-16-34-17-15-28)27(3)25(33)30(23(21)32)13-10-20-8-5-4-6-9-20/h4-6,8-9,21H,7,10-17H2,1-3H3/q+1. The first-order valence-electron chi connectivity index (χ1n) is 12.1. The van der Waals surface area contributed by atoms with Crippen molar-refractivity contribution in [1.82, 2.24) is 19.3 Å². The number of aliphatic imine (C=N–C) groups is 1. The van der Waals surface area contributed by atoms with E-state index in [-0.39, 0.29) is 11.9 Å². The second kappa shape index (κ2) is 9.31. The maximum absolute atomic E-state index is 13.6. The van der Waals surface area contributed by atoms with Crippen LogP contribution in [0.15, 0.2) is 35.3 Å². The molecule has 9 nitrogen and oxygen atoms in total. The molecule has 3 amide bonds. The van der Waals surface area contributed by atoms with E-state index in [1.165, 1.54) is 9.80 Å². The Morgan fingerprint density at radius 1 is 1.09 bits per heavy atom. The van der Waals surface area contributed by atoms with Crippen molar-refractivity contribution in [3.63, 3.8) is 0 Å². The number of imidazole rings is 1. The predicted octanol–water partition coefficient (Wildman–Crippen LogP) is 1.84. The second-order valence-electron chi connectivity index (χ2n) is 9.24. The summed E-state index contributed by atoms with van der Waals surface area (Å²) in [6.07, 6.45) is 1.62. The average Bonchev–Trinajstić information content (AvgIpc) is 3.35. The van der Waals surface area contributed by atoms with Crippen LogP contribution in [0.1, 0.15) is 29.4 Å². The molecule has 3 aliphatic rings. The number of carbonyl (C=O) groups is 2. The van der Waals surface area contributed by atoms with Crippen LogP contribution in [0.2, 0.25) is 0 Å². The third kappa shape index (κ3) is 3.92. The van der Waals surface area contributed by atoms with Crippen LogP contribution in [0.4, 0.5) is 10.7 Å². The highest BCUT2D eigenvalue weighted by molar-refractivity contribution is 6.20. The van der Waals surface area contributed by atoms with Crippen LogP contribution in [-0.2, 0) is 22.5 Å². The number of benzene rings is 1. The van der Waals surface area contributed by atoms with Crippen molar-refractivity contribution in [2.45, 2.75) is 39.3 Å². The molecule has 2 fully saturated rings. The molecule has 2 saturated heterocycles. The highest BCUT2D eigenvalue weighted by atomic mass is 16.5. The molecule has 180 valence electrons. The zero-order valence-corrected chi connectivity index (χ0v) is 20.2. The SMILES string of the molecule is Cc1c(C)[n+](CCCN2CCOCC2)c2n1C1C(=O)N(CCc3ccccc3)C(=O)N(C)C1=N2. The van der Waals surface area contributed by atoms with Crippen molar-refractivity contribution in [3.05, 3.63) is 47.3 Å². The number of nitrogens with zero attached hydrogens (tertiary/aromatic N) is 6.